The first-order valence-electron chi connectivity index (χ1n) is 6.69. The second-order valence-electron chi connectivity index (χ2n) is 4.66. The van der Waals surface area contributed by atoms with Gasteiger partial charge in [0.25, 0.3) is 5.69 Å². The van der Waals surface area contributed by atoms with E-state index in [0.29, 0.717) is 0 Å². The molecule has 0 aliphatic carbocycles. The lowest BCUT2D eigenvalue weighted by molar-refractivity contribution is -0.384. The molecule has 0 radical (unpaired) electrons. The molecule has 1 aromatic rings. The molecule has 0 amide bonds. The second-order valence-corrected chi connectivity index (χ2v) is 4.66. The zero-order valence-corrected chi connectivity index (χ0v) is 11.2. The third kappa shape index (κ3) is 3.57. The van der Waals surface area contributed by atoms with Crippen LogP contribution in [0.5, 0.6) is 0 Å². The van der Waals surface area contributed by atoms with Gasteiger partial charge in [-0.2, -0.15) is 0 Å². The van der Waals surface area contributed by atoms with E-state index in [1.165, 1.54) is 0 Å². The fourth-order valence-corrected chi connectivity index (χ4v) is 2.18. The molecule has 2 rings (SSSR count). The molecule has 1 aromatic carbocycles. The standard InChI is InChI=1S/C13H20N4O2/c1-2-3-15-11-8-12(10-13(9-11)17(18)19)16-6-4-14-5-7-16/h8-10,14-15H,2-7H2,1H3. The number of nitro benzene ring substituents is 1. The summed E-state index contributed by atoms with van der Waals surface area (Å²) in [5.41, 5.74) is 1.90. The van der Waals surface area contributed by atoms with Gasteiger partial charge in [-0.25, -0.2) is 0 Å². The molecule has 1 heterocycles. The van der Waals surface area contributed by atoms with Crippen molar-refractivity contribution in [1.29, 1.82) is 0 Å². The monoisotopic (exact) mass is 264 g/mol. The fraction of sp³-hybridized carbons (Fsp3) is 0.538. The normalized spacial score (nSPS) is 15.3. The highest BCUT2D eigenvalue weighted by Crippen LogP contribution is 2.27. The van der Waals surface area contributed by atoms with Gasteiger partial charge >= 0.3 is 0 Å². The number of nitrogens with zero attached hydrogens (tertiary/aromatic N) is 2. The summed E-state index contributed by atoms with van der Waals surface area (Å²) in [6.07, 6.45) is 0.992. The summed E-state index contributed by atoms with van der Waals surface area (Å²) in [4.78, 5) is 12.9. The van der Waals surface area contributed by atoms with E-state index in [2.05, 4.69) is 22.5 Å². The minimum atomic E-state index is -0.331. The highest BCUT2D eigenvalue weighted by atomic mass is 16.6. The van der Waals surface area contributed by atoms with Crippen LogP contribution in [0.2, 0.25) is 0 Å². The summed E-state index contributed by atoms with van der Waals surface area (Å²) >= 11 is 0. The van der Waals surface area contributed by atoms with E-state index in [1.807, 2.05) is 6.07 Å². The van der Waals surface area contributed by atoms with Crippen LogP contribution >= 0.6 is 0 Å². The Bertz CT molecular complexity index is 444. The fourth-order valence-electron chi connectivity index (χ4n) is 2.18. The van der Waals surface area contributed by atoms with E-state index >= 15 is 0 Å². The van der Waals surface area contributed by atoms with E-state index < -0.39 is 0 Å². The molecule has 6 heteroatoms. The number of nitro groups is 1. The van der Waals surface area contributed by atoms with Gasteiger partial charge in [0.2, 0.25) is 0 Å². The van der Waals surface area contributed by atoms with Crippen molar-refractivity contribution in [2.45, 2.75) is 13.3 Å². The molecule has 0 spiro atoms. The van der Waals surface area contributed by atoms with E-state index in [0.717, 1.165) is 50.5 Å². The predicted octanol–water partition coefficient (Wildman–Crippen LogP) is 1.83. The van der Waals surface area contributed by atoms with Crippen molar-refractivity contribution >= 4 is 17.1 Å². The number of rotatable bonds is 5. The minimum Gasteiger partial charge on any atom is -0.385 e. The maximum absolute atomic E-state index is 11.0. The van der Waals surface area contributed by atoms with E-state index in [9.17, 15) is 10.1 Å². The van der Waals surface area contributed by atoms with Crippen LogP contribution in [0.1, 0.15) is 13.3 Å². The molecular formula is C13H20N4O2. The topological polar surface area (TPSA) is 70.4 Å². The Kier molecular flexibility index (Phi) is 4.57. The lowest BCUT2D eigenvalue weighted by Gasteiger charge is -2.29. The summed E-state index contributed by atoms with van der Waals surface area (Å²) in [5, 5.41) is 17.5. The lowest BCUT2D eigenvalue weighted by atomic mass is 10.2. The molecule has 0 unspecified atom stereocenters. The lowest BCUT2D eigenvalue weighted by Crippen LogP contribution is -2.43. The molecule has 1 aliphatic heterocycles. The van der Waals surface area contributed by atoms with Crippen LogP contribution in [0.4, 0.5) is 17.1 Å². The molecule has 1 fully saturated rings. The molecule has 1 aliphatic rings. The Balaban J connectivity index is 2.24. The van der Waals surface area contributed by atoms with Crippen LogP contribution in [0.25, 0.3) is 0 Å². The maximum atomic E-state index is 11.0. The minimum absolute atomic E-state index is 0.148. The number of anilines is 2. The summed E-state index contributed by atoms with van der Waals surface area (Å²) in [5.74, 6) is 0. The van der Waals surface area contributed by atoms with Crippen molar-refractivity contribution in [3.63, 3.8) is 0 Å². The Morgan fingerprint density at radius 3 is 2.74 bits per heavy atom. The molecule has 104 valence electrons. The van der Waals surface area contributed by atoms with Crippen molar-refractivity contribution in [3.8, 4) is 0 Å². The Morgan fingerprint density at radius 2 is 2.11 bits per heavy atom. The van der Waals surface area contributed by atoms with Crippen molar-refractivity contribution < 1.29 is 4.92 Å². The molecule has 6 nitrogen and oxygen atoms in total. The average Bonchev–Trinajstić information content (AvgIpc) is 2.45. The van der Waals surface area contributed by atoms with Crippen LogP contribution < -0.4 is 15.5 Å². The third-order valence-corrected chi connectivity index (χ3v) is 3.17. The second kappa shape index (κ2) is 6.38. The van der Waals surface area contributed by atoms with Gasteiger partial charge < -0.3 is 15.5 Å². The van der Waals surface area contributed by atoms with Gasteiger partial charge in [-0.15, -0.1) is 0 Å². The Labute approximate surface area is 112 Å². The van der Waals surface area contributed by atoms with Crippen molar-refractivity contribution in [3.05, 3.63) is 28.3 Å². The van der Waals surface area contributed by atoms with Gasteiger partial charge in [0.15, 0.2) is 0 Å². The largest absolute Gasteiger partial charge is 0.385 e. The summed E-state index contributed by atoms with van der Waals surface area (Å²) < 4.78 is 0. The summed E-state index contributed by atoms with van der Waals surface area (Å²) in [6, 6.07) is 5.25. The van der Waals surface area contributed by atoms with Gasteiger partial charge in [0.05, 0.1) is 4.92 Å². The van der Waals surface area contributed by atoms with Gasteiger partial charge in [-0.05, 0) is 12.5 Å². The van der Waals surface area contributed by atoms with Crippen molar-refractivity contribution in [2.24, 2.45) is 0 Å². The number of piperazine rings is 1. The van der Waals surface area contributed by atoms with Crippen LogP contribution in [-0.4, -0.2) is 37.6 Å². The molecular weight excluding hydrogens is 244 g/mol. The zero-order valence-electron chi connectivity index (χ0n) is 11.2. The zero-order chi connectivity index (χ0) is 13.7. The Morgan fingerprint density at radius 1 is 1.37 bits per heavy atom. The SMILES string of the molecule is CCCNc1cc(N2CCNCC2)cc([N+](=O)[O-])c1. The number of benzene rings is 1. The first-order chi connectivity index (χ1) is 9.20. The first-order valence-corrected chi connectivity index (χ1v) is 6.69. The van der Waals surface area contributed by atoms with Gasteiger partial charge in [-0.1, -0.05) is 6.92 Å². The quantitative estimate of drug-likeness (QED) is 0.627. The number of hydrogen-bond donors (Lipinski definition) is 2. The maximum Gasteiger partial charge on any atom is 0.273 e. The number of hydrogen-bond acceptors (Lipinski definition) is 5. The van der Waals surface area contributed by atoms with Crippen LogP contribution in [0, 0.1) is 10.1 Å². The van der Waals surface area contributed by atoms with Crippen molar-refractivity contribution in [2.75, 3.05) is 42.9 Å². The molecule has 0 aromatic heterocycles. The highest BCUT2D eigenvalue weighted by Gasteiger charge is 2.15. The predicted molar refractivity (Wildman–Crippen MR) is 77.0 cm³/mol. The number of non-ortho nitro benzene ring substituents is 1. The smallest absolute Gasteiger partial charge is 0.273 e. The van der Waals surface area contributed by atoms with Crippen molar-refractivity contribution in [1.82, 2.24) is 5.32 Å². The van der Waals surface area contributed by atoms with E-state index in [4.69, 9.17) is 0 Å². The first kappa shape index (κ1) is 13.6. The van der Waals surface area contributed by atoms with Gasteiger partial charge in [0, 0.05) is 56.2 Å². The third-order valence-electron chi connectivity index (χ3n) is 3.17. The molecule has 0 atom stereocenters. The Hall–Kier alpha value is -1.82. The van der Waals surface area contributed by atoms with E-state index in [-0.39, 0.29) is 10.6 Å². The van der Waals surface area contributed by atoms with Crippen LogP contribution in [0.3, 0.4) is 0 Å². The summed E-state index contributed by atoms with van der Waals surface area (Å²) in [6.45, 7) is 6.49. The molecule has 1 saturated heterocycles. The molecule has 0 saturated carbocycles. The number of nitrogens with one attached hydrogen (secondary N) is 2. The molecule has 2 N–H and O–H groups in total. The average molecular weight is 264 g/mol. The molecule has 19 heavy (non-hydrogen) atoms. The van der Waals surface area contributed by atoms with Crippen LogP contribution in [0.15, 0.2) is 18.2 Å². The van der Waals surface area contributed by atoms with Crippen LogP contribution in [-0.2, 0) is 0 Å². The van der Waals surface area contributed by atoms with Gasteiger partial charge in [0.1, 0.15) is 0 Å². The van der Waals surface area contributed by atoms with Gasteiger partial charge in [-0.3, -0.25) is 10.1 Å². The highest BCUT2D eigenvalue weighted by molar-refractivity contribution is 5.64. The molecule has 0 bridgehead atoms. The summed E-state index contributed by atoms with van der Waals surface area (Å²) in [7, 11) is 0. The van der Waals surface area contributed by atoms with E-state index in [1.54, 1.807) is 12.1 Å².